The van der Waals surface area contributed by atoms with Gasteiger partial charge in [-0.15, -0.1) is 0 Å². The molecule has 2 aromatic rings. The molecule has 1 N–H and O–H groups in total. The highest BCUT2D eigenvalue weighted by Gasteiger charge is 2.13. The summed E-state index contributed by atoms with van der Waals surface area (Å²) in [5.41, 5.74) is 1.82. The summed E-state index contributed by atoms with van der Waals surface area (Å²) in [4.78, 5) is 12.3. The van der Waals surface area contributed by atoms with Crippen molar-refractivity contribution >= 4 is 5.78 Å². The van der Waals surface area contributed by atoms with E-state index in [2.05, 4.69) is 0 Å². The number of carbonyl (C=O) groups is 1. The highest BCUT2D eigenvalue weighted by molar-refractivity contribution is 6.10. The molecular formula is C18H18O3. The van der Waals surface area contributed by atoms with E-state index < -0.39 is 0 Å². The van der Waals surface area contributed by atoms with Crippen LogP contribution in [0.4, 0.5) is 0 Å². The Labute approximate surface area is 124 Å². The van der Waals surface area contributed by atoms with Crippen molar-refractivity contribution in [3.63, 3.8) is 0 Å². The SMILES string of the molecule is CC=COCCc1ccc(C(=O)c2ccccc2)c(O)c1. The first-order valence-corrected chi connectivity index (χ1v) is 6.87. The van der Waals surface area contributed by atoms with Crippen molar-refractivity contribution in [1.82, 2.24) is 0 Å². The summed E-state index contributed by atoms with van der Waals surface area (Å²) >= 11 is 0. The van der Waals surface area contributed by atoms with Gasteiger partial charge >= 0.3 is 0 Å². The summed E-state index contributed by atoms with van der Waals surface area (Å²) in [5.74, 6) is -0.169. The van der Waals surface area contributed by atoms with Crippen LogP contribution in [0.5, 0.6) is 5.75 Å². The lowest BCUT2D eigenvalue weighted by atomic mass is 10.0. The average Bonchev–Trinajstić information content (AvgIpc) is 2.52. The molecule has 0 fully saturated rings. The van der Waals surface area contributed by atoms with Gasteiger partial charge in [0.1, 0.15) is 5.75 Å². The quantitative estimate of drug-likeness (QED) is 0.499. The molecule has 0 aliphatic carbocycles. The van der Waals surface area contributed by atoms with Crippen LogP contribution in [0.3, 0.4) is 0 Å². The van der Waals surface area contributed by atoms with Crippen molar-refractivity contribution in [2.24, 2.45) is 0 Å². The third kappa shape index (κ3) is 3.96. The third-order valence-electron chi connectivity index (χ3n) is 3.08. The molecule has 0 saturated carbocycles. The molecular weight excluding hydrogens is 264 g/mol. The number of ether oxygens (including phenoxy) is 1. The van der Waals surface area contributed by atoms with E-state index in [1.54, 1.807) is 42.7 Å². The highest BCUT2D eigenvalue weighted by Crippen LogP contribution is 2.22. The number of hydrogen-bond donors (Lipinski definition) is 1. The number of carbonyl (C=O) groups excluding carboxylic acids is 1. The number of hydrogen-bond acceptors (Lipinski definition) is 3. The fraction of sp³-hybridized carbons (Fsp3) is 0.167. The van der Waals surface area contributed by atoms with Crippen LogP contribution >= 0.6 is 0 Å². The summed E-state index contributed by atoms with van der Waals surface area (Å²) in [6.45, 7) is 2.42. The van der Waals surface area contributed by atoms with Crippen LogP contribution in [-0.2, 0) is 11.2 Å². The lowest BCUT2D eigenvalue weighted by molar-refractivity contribution is 0.103. The zero-order valence-electron chi connectivity index (χ0n) is 12.0. The molecule has 0 radical (unpaired) electrons. The van der Waals surface area contributed by atoms with E-state index in [1.165, 1.54) is 0 Å². The molecule has 0 aliphatic heterocycles. The zero-order valence-corrected chi connectivity index (χ0v) is 12.0. The van der Waals surface area contributed by atoms with Crippen LogP contribution in [0, 0.1) is 0 Å². The number of allylic oxidation sites excluding steroid dienone is 1. The fourth-order valence-corrected chi connectivity index (χ4v) is 2.01. The largest absolute Gasteiger partial charge is 0.507 e. The molecule has 3 heteroatoms. The molecule has 0 spiro atoms. The summed E-state index contributed by atoms with van der Waals surface area (Å²) < 4.78 is 5.24. The van der Waals surface area contributed by atoms with E-state index in [0.717, 1.165) is 5.56 Å². The Kier molecular flexibility index (Phi) is 5.16. The Morgan fingerprint density at radius 1 is 1.19 bits per heavy atom. The number of phenols is 1. The Morgan fingerprint density at radius 2 is 1.95 bits per heavy atom. The maximum Gasteiger partial charge on any atom is 0.196 e. The normalized spacial score (nSPS) is 10.7. The molecule has 0 heterocycles. The number of ketones is 1. The van der Waals surface area contributed by atoms with Gasteiger partial charge in [-0.3, -0.25) is 4.79 Å². The van der Waals surface area contributed by atoms with E-state index in [0.29, 0.717) is 24.2 Å². The first kappa shape index (κ1) is 14.9. The second-order valence-corrected chi connectivity index (χ2v) is 4.64. The molecule has 0 bridgehead atoms. The smallest absolute Gasteiger partial charge is 0.196 e. The van der Waals surface area contributed by atoms with Gasteiger partial charge in [-0.1, -0.05) is 42.5 Å². The number of phenolic OH excluding ortho intramolecular Hbond substituents is 1. The van der Waals surface area contributed by atoms with E-state index >= 15 is 0 Å². The van der Waals surface area contributed by atoms with Gasteiger partial charge in [-0.05, 0) is 24.6 Å². The minimum absolute atomic E-state index is 0.00684. The maximum absolute atomic E-state index is 12.3. The number of benzene rings is 2. The predicted molar refractivity (Wildman–Crippen MR) is 82.5 cm³/mol. The van der Waals surface area contributed by atoms with Gasteiger partial charge < -0.3 is 9.84 Å². The topological polar surface area (TPSA) is 46.5 Å². The summed E-state index contributed by atoms with van der Waals surface area (Å²) in [7, 11) is 0. The van der Waals surface area contributed by atoms with Crippen LogP contribution in [0.1, 0.15) is 28.4 Å². The second-order valence-electron chi connectivity index (χ2n) is 4.64. The van der Waals surface area contributed by atoms with Gasteiger partial charge in [0.15, 0.2) is 5.78 Å². The van der Waals surface area contributed by atoms with Gasteiger partial charge in [0.05, 0.1) is 18.4 Å². The second kappa shape index (κ2) is 7.29. The van der Waals surface area contributed by atoms with Gasteiger partial charge in [0, 0.05) is 12.0 Å². The maximum atomic E-state index is 12.3. The average molecular weight is 282 g/mol. The molecule has 108 valence electrons. The first-order chi connectivity index (χ1) is 10.2. The molecule has 21 heavy (non-hydrogen) atoms. The van der Waals surface area contributed by atoms with Gasteiger partial charge in [0.25, 0.3) is 0 Å². The lowest BCUT2D eigenvalue weighted by Crippen LogP contribution is -2.02. The zero-order chi connectivity index (χ0) is 15.1. The summed E-state index contributed by atoms with van der Waals surface area (Å²) in [5, 5.41) is 10.1. The predicted octanol–water partition coefficient (Wildman–Crippen LogP) is 3.72. The van der Waals surface area contributed by atoms with E-state index in [4.69, 9.17) is 4.74 Å². The molecule has 0 atom stereocenters. The molecule has 2 aromatic carbocycles. The minimum atomic E-state index is -0.176. The van der Waals surface area contributed by atoms with Crippen LogP contribution in [0.25, 0.3) is 0 Å². The van der Waals surface area contributed by atoms with Crippen molar-refractivity contribution < 1.29 is 14.6 Å². The highest BCUT2D eigenvalue weighted by atomic mass is 16.5. The molecule has 0 aromatic heterocycles. The van der Waals surface area contributed by atoms with Crippen molar-refractivity contribution in [2.45, 2.75) is 13.3 Å². The third-order valence-corrected chi connectivity index (χ3v) is 3.08. The van der Waals surface area contributed by atoms with Crippen LogP contribution < -0.4 is 0 Å². The Morgan fingerprint density at radius 3 is 2.62 bits per heavy atom. The lowest BCUT2D eigenvalue weighted by Gasteiger charge is -2.07. The van der Waals surface area contributed by atoms with E-state index in [-0.39, 0.29) is 11.5 Å². The number of rotatable bonds is 6. The molecule has 3 nitrogen and oxygen atoms in total. The van der Waals surface area contributed by atoms with Crippen molar-refractivity contribution in [1.29, 1.82) is 0 Å². The molecule has 0 amide bonds. The van der Waals surface area contributed by atoms with Crippen LogP contribution in [-0.4, -0.2) is 17.5 Å². The standard InChI is InChI=1S/C18H18O3/c1-2-11-21-12-10-14-8-9-16(17(19)13-14)18(20)15-6-4-3-5-7-15/h2-9,11,13,19H,10,12H2,1H3. The molecule has 2 rings (SSSR count). The van der Waals surface area contributed by atoms with Crippen molar-refractivity contribution in [3.05, 3.63) is 77.6 Å². The Balaban J connectivity index is 2.10. The fourth-order valence-electron chi connectivity index (χ4n) is 2.01. The van der Waals surface area contributed by atoms with Gasteiger partial charge in [-0.25, -0.2) is 0 Å². The van der Waals surface area contributed by atoms with E-state index in [1.807, 2.05) is 25.1 Å². The van der Waals surface area contributed by atoms with Gasteiger partial charge in [0.2, 0.25) is 0 Å². The monoisotopic (exact) mass is 282 g/mol. The summed E-state index contributed by atoms with van der Waals surface area (Å²) in [6, 6.07) is 14.1. The Hall–Kier alpha value is -2.55. The molecule has 0 saturated heterocycles. The first-order valence-electron chi connectivity index (χ1n) is 6.87. The van der Waals surface area contributed by atoms with Gasteiger partial charge in [-0.2, -0.15) is 0 Å². The molecule has 0 unspecified atom stereocenters. The minimum Gasteiger partial charge on any atom is -0.507 e. The van der Waals surface area contributed by atoms with Crippen LogP contribution in [0.15, 0.2) is 60.9 Å². The number of aromatic hydroxyl groups is 1. The van der Waals surface area contributed by atoms with Crippen LogP contribution in [0.2, 0.25) is 0 Å². The summed E-state index contributed by atoms with van der Waals surface area (Å²) in [6.07, 6.45) is 4.13. The molecule has 0 aliphatic rings. The van der Waals surface area contributed by atoms with Crippen molar-refractivity contribution in [3.8, 4) is 5.75 Å². The van der Waals surface area contributed by atoms with E-state index in [9.17, 15) is 9.90 Å². The Bertz CT molecular complexity index is 630. The van der Waals surface area contributed by atoms with Crippen molar-refractivity contribution in [2.75, 3.05) is 6.61 Å².